The Kier molecular flexibility index (Phi) is 8.08. The van der Waals surface area contributed by atoms with E-state index in [9.17, 15) is 9.59 Å². The van der Waals surface area contributed by atoms with Gasteiger partial charge in [-0.2, -0.15) is 12.6 Å². The lowest BCUT2D eigenvalue weighted by Crippen LogP contribution is -2.51. The molecule has 0 fully saturated rings. The van der Waals surface area contributed by atoms with Gasteiger partial charge in [0.2, 0.25) is 5.91 Å². The van der Waals surface area contributed by atoms with Crippen molar-refractivity contribution in [3.05, 3.63) is 71.8 Å². The number of rotatable bonds is 8. The number of amides is 2. The van der Waals surface area contributed by atoms with E-state index < -0.39 is 24.1 Å². The van der Waals surface area contributed by atoms with E-state index in [1.807, 2.05) is 67.6 Å². The lowest BCUT2D eigenvalue weighted by Gasteiger charge is -2.26. The third kappa shape index (κ3) is 6.08. The van der Waals surface area contributed by atoms with Gasteiger partial charge in [-0.25, -0.2) is 9.69 Å². The monoisotopic (exact) mass is 441 g/mol. The molecule has 0 aromatic heterocycles. The molecule has 0 saturated heterocycles. The highest BCUT2D eigenvalue weighted by Gasteiger charge is 2.37. The van der Waals surface area contributed by atoms with Crippen molar-refractivity contribution in [3.8, 4) is 0 Å². The topological polar surface area (TPSA) is 94.2 Å². The fourth-order valence-corrected chi connectivity index (χ4v) is 3.63. The Hall–Kier alpha value is -2.84. The summed E-state index contributed by atoms with van der Waals surface area (Å²) in [6, 6.07) is 17.8. The van der Waals surface area contributed by atoms with Crippen molar-refractivity contribution in [2.75, 3.05) is 6.54 Å². The van der Waals surface area contributed by atoms with Crippen molar-refractivity contribution < 1.29 is 19.2 Å². The van der Waals surface area contributed by atoms with Crippen LogP contribution in [0.2, 0.25) is 0 Å². The molecule has 31 heavy (non-hydrogen) atoms. The molecule has 0 spiro atoms. The van der Waals surface area contributed by atoms with E-state index in [1.54, 1.807) is 0 Å². The van der Waals surface area contributed by atoms with Crippen LogP contribution in [0.1, 0.15) is 24.5 Å². The van der Waals surface area contributed by atoms with Crippen LogP contribution in [0.4, 0.5) is 4.79 Å². The highest BCUT2D eigenvalue weighted by atomic mass is 32.1. The SMILES string of the molecule is CCC1=NOC(CN(C(=O)OCc2ccccc2)C(=O)[C@H](N)Cc2ccccc2)C1S. The largest absolute Gasteiger partial charge is 0.444 e. The van der Waals surface area contributed by atoms with Crippen LogP contribution in [0.5, 0.6) is 0 Å². The van der Waals surface area contributed by atoms with E-state index in [4.69, 9.17) is 15.3 Å². The van der Waals surface area contributed by atoms with Crippen molar-refractivity contribution in [2.45, 2.75) is 43.8 Å². The molecule has 0 radical (unpaired) electrons. The number of thiol groups is 1. The molecule has 1 aliphatic heterocycles. The van der Waals surface area contributed by atoms with Gasteiger partial charge in [-0.15, -0.1) is 0 Å². The number of nitrogens with two attached hydrogens (primary N) is 1. The average molecular weight is 442 g/mol. The van der Waals surface area contributed by atoms with Gasteiger partial charge in [0.1, 0.15) is 6.61 Å². The molecule has 7 nitrogen and oxygen atoms in total. The third-order valence-electron chi connectivity index (χ3n) is 5.03. The van der Waals surface area contributed by atoms with E-state index in [0.29, 0.717) is 12.8 Å². The summed E-state index contributed by atoms with van der Waals surface area (Å²) in [6.07, 6.45) is -0.360. The number of ether oxygens (including phenoxy) is 1. The van der Waals surface area contributed by atoms with E-state index in [2.05, 4.69) is 17.8 Å². The maximum atomic E-state index is 13.1. The fourth-order valence-electron chi connectivity index (χ4n) is 3.26. The van der Waals surface area contributed by atoms with E-state index >= 15 is 0 Å². The summed E-state index contributed by atoms with van der Waals surface area (Å²) in [7, 11) is 0. The quantitative estimate of drug-likeness (QED) is 0.614. The molecule has 1 aliphatic rings. The van der Waals surface area contributed by atoms with Crippen LogP contribution in [0, 0.1) is 0 Å². The smallest absolute Gasteiger partial charge is 0.417 e. The van der Waals surface area contributed by atoms with Gasteiger partial charge in [0.25, 0.3) is 0 Å². The number of benzene rings is 2. The van der Waals surface area contributed by atoms with E-state index in [1.165, 1.54) is 0 Å². The number of carbonyl (C=O) groups is 2. The first kappa shape index (κ1) is 22.8. The molecule has 2 aromatic carbocycles. The van der Waals surface area contributed by atoms with Crippen molar-refractivity contribution >= 4 is 30.3 Å². The Labute approximate surface area is 187 Å². The molecule has 0 saturated carbocycles. The lowest BCUT2D eigenvalue weighted by atomic mass is 10.1. The lowest BCUT2D eigenvalue weighted by molar-refractivity contribution is -0.132. The summed E-state index contributed by atoms with van der Waals surface area (Å²) in [5.41, 5.74) is 8.66. The van der Waals surface area contributed by atoms with Crippen molar-refractivity contribution in [2.24, 2.45) is 10.9 Å². The maximum Gasteiger partial charge on any atom is 0.417 e. The molecule has 2 N–H and O–H groups in total. The number of imide groups is 1. The Morgan fingerprint density at radius 1 is 1.13 bits per heavy atom. The molecule has 1 heterocycles. The molecule has 0 aliphatic carbocycles. The number of carbonyl (C=O) groups excluding carboxylic acids is 2. The average Bonchev–Trinajstić information content (AvgIpc) is 3.15. The van der Waals surface area contributed by atoms with Gasteiger partial charge in [0.15, 0.2) is 6.10 Å². The minimum absolute atomic E-state index is 0.0455. The van der Waals surface area contributed by atoms with Crippen LogP contribution >= 0.6 is 12.6 Å². The number of hydrogen-bond acceptors (Lipinski definition) is 7. The van der Waals surface area contributed by atoms with Crippen LogP contribution in [-0.2, 0) is 27.4 Å². The highest BCUT2D eigenvalue weighted by molar-refractivity contribution is 7.82. The zero-order chi connectivity index (χ0) is 22.2. The molecule has 3 atom stereocenters. The summed E-state index contributed by atoms with van der Waals surface area (Å²) < 4.78 is 5.40. The molecular weight excluding hydrogens is 414 g/mol. The maximum absolute atomic E-state index is 13.1. The molecule has 2 amide bonds. The highest BCUT2D eigenvalue weighted by Crippen LogP contribution is 2.21. The van der Waals surface area contributed by atoms with Gasteiger partial charge in [0, 0.05) is 0 Å². The Balaban J connectivity index is 1.71. The standard InChI is InChI=1S/C23H27N3O4S/c1-2-19-21(31)20(30-25-19)14-26(23(28)29-15-17-11-7-4-8-12-17)22(27)18(24)13-16-9-5-3-6-10-16/h3-12,18,20-21,31H,2,13-15,24H2,1H3/t18-,20?,21?/m1/s1. The molecule has 2 unspecified atom stereocenters. The van der Waals surface area contributed by atoms with Crippen molar-refractivity contribution in [3.63, 3.8) is 0 Å². The number of nitrogens with zero attached hydrogens (tertiary/aromatic N) is 2. The second-order valence-electron chi connectivity index (χ2n) is 7.31. The molecule has 3 rings (SSSR count). The number of hydrogen-bond donors (Lipinski definition) is 2. The minimum atomic E-state index is -0.905. The zero-order valence-electron chi connectivity index (χ0n) is 17.4. The molecule has 8 heteroatoms. The molecule has 0 bridgehead atoms. The van der Waals surface area contributed by atoms with Gasteiger partial charge in [0.05, 0.1) is 23.5 Å². The first-order valence-electron chi connectivity index (χ1n) is 10.2. The molecular formula is C23H27N3O4S. The Bertz CT molecular complexity index is 908. The van der Waals surface area contributed by atoms with Crippen LogP contribution < -0.4 is 5.73 Å². The first-order chi connectivity index (χ1) is 15.0. The normalized spacial score (nSPS) is 18.6. The molecule has 2 aromatic rings. The fraction of sp³-hybridized carbons (Fsp3) is 0.348. The summed E-state index contributed by atoms with van der Waals surface area (Å²) in [5.74, 6) is -0.531. The third-order valence-corrected chi connectivity index (χ3v) is 5.66. The predicted octanol–water partition coefficient (Wildman–Crippen LogP) is 3.19. The van der Waals surface area contributed by atoms with E-state index in [0.717, 1.165) is 21.7 Å². The Morgan fingerprint density at radius 3 is 2.32 bits per heavy atom. The number of oxime groups is 1. The van der Waals surface area contributed by atoms with Gasteiger partial charge in [-0.3, -0.25) is 4.79 Å². The van der Waals surface area contributed by atoms with E-state index in [-0.39, 0.29) is 18.4 Å². The summed E-state index contributed by atoms with van der Waals surface area (Å²) in [6.45, 7) is 1.95. The van der Waals surface area contributed by atoms with Crippen LogP contribution in [0.25, 0.3) is 0 Å². The molecule has 164 valence electrons. The summed E-state index contributed by atoms with van der Waals surface area (Å²) in [4.78, 5) is 32.4. The second kappa shape index (κ2) is 11.0. The van der Waals surface area contributed by atoms with Gasteiger partial charge in [-0.1, -0.05) is 72.7 Å². The second-order valence-corrected chi connectivity index (χ2v) is 7.87. The van der Waals surface area contributed by atoms with Gasteiger partial charge < -0.3 is 15.3 Å². The zero-order valence-corrected chi connectivity index (χ0v) is 18.3. The van der Waals surface area contributed by atoms with Gasteiger partial charge >= 0.3 is 6.09 Å². The summed E-state index contributed by atoms with van der Waals surface area (Å²) in [5, 5.41) is 3.70. The van der Waals surface area contributed by atoms with Crippen LogP contribution in [-0.4, -0.2) is 46.6 Å². The van der Waals surface area contributed by atoms with Gasteiger partial charge in [-0.05, 0) is 24.0 Å². The van der Waals surface area contributed by atoms with Crippen molar-refractivity contribution in [1.29, 1.82) is 0 Å². The van der Waals surface area contributed by atoms with Crippen molar-refractivity contribution in [1.82, 2.24) is 4.90 Å². The van der Waals surface area contributed by atoms with Crippen LogP contribution in [0.3, 0.4) is 0 Å². The predicted molar refractivity (Wildman–Crippen MR) is 122 cm³/mol. The Morgan fingerprint density at radius 2 is 1.74 bits per heavy atom. The minimum Gasteiger partial charge on any atom is -0.444 e. The summed E-state index contributed by atoms with van der Waals surface area (Å²) >= 11 is 4.54. The van der Waals surface area contributed by atoms with Crippen LogP contribution in [0.15, 0.2) is 65.8 Å². The first-order valence-corrected chi connectivity index (χ1v) is 10.7.